The molecule has 1 N–H and O–H groups in total. The van der Waals surface area contributed by atoms with E-state index in [1.165, 1.54) is 19.9 Å². The second-order valence-corrected chi connectivity index (χ2v) is 4.50. The van der Waals surface area contributed by atoms with Gasteiger partial charge in [-0.15, -0.1) is 0 Å². The van der Waals surface area contributed by atoms with E-state index >= 15 is 0 Å². The molecule has 0 fully saturated rings. The van der Waals surface area contributed by atoms with Gasteiger partial charge in [-0.05, 0) is 20.8 Å². The first-order valence-electron chi connectivity index (χ1n) is 4.65. The fourth-order valence-electron chi connectivity index (χ4n) is 1.17. The van der Waals surface area contributed by atoms with E-state index in [-0.39, 0.29) is 17.1 Å². The first-order chi connectivity index (χ1) is 7.40. The maximum atomic E-state index is 11.2. The predicted molar refractivity (Wildman–Crippen MR) is 60.6 cm³/mol. The van der Waals surface area contributed by atoms with E-state index in [4.69, 9.17) is 0 Å². The second-order valence-electron chi connectivity index (χ2n) is 3.41. The molecule has 6 heteroatoms. The van der Waals surface area contributed by atoms with Crippen LogP contribution in [0.2, 0.25) is 0 Å². The number of nitrogens with zero attached hydrogens (tertiary/aromatic N) is 1. The fraction of sp³-hybridized carbons (Fsp3) is 0.400. The topological polar surface area (TPSA) is 79.9 Å². The van der Waals surface area contributed by atoms with E-state index in [0.29, 0.717) is 10.9 Å². The van der Waals surface area contributed by atoms with Gasteiger partial charge in [0.15, 0.2) is 16.7 Å². The van der Waals surface area contributed by atoms with Crippen LogP contribution in [-0.4, -0.2) is 26.8 Å². The second kappa shape index (κ2) is 5.07. The lowest BCUT2D eigenvalue weighted by Crippen LogP contribution is -2.23. The van der Waals surface area contributed by atoms with Gasteiger partial charge in [0.1, 0.15) is 5.25 Å². The van der Waals surface area contributed by atoms with E-state index < -0.39 is 5.25 Å². The summed E-state index contributed by atoms with van der Waals surface area (Å²) in [7, 11) is 0. The third kappa shape index (κ3) is 3.30. The molecule has 0 aliphatic rings. The van der Waals surface area contributed by atoms with Crippen molar-refractivity contribution in [2.75, 3.05) is 0 Å². The van der Waals surface area contributed by atoms with E-state index in [0.717, 1.165) is 11.8 Å². The van der Waals surface area contributed by atoms with Crippen molar-refractivity contribution < 1.29 is 9.59 Å². The summed E-state index contributed by atoms with van der Waals surface area (Å²) in [5, 5.41) is -0.509. The zero-order valence-electron chi connectivity index (χ0n) is 9.23. The molecule has 0 saturated carbocycles. The van der Waals surface area contributed by atoms with Gasteiger partial charge in [0.05, 0.1) is 0 Å². The standard InChI is InChI=1S/C10H12N2O3S/c1-5-4-8(15)12-10(11-5)16-9(6(2)13)7(3)14/h4,9H,1-3H3,(H,11,12,15). The molecule has 5 nitrogen and oxygen atoms in total. The summed E-state index contributed by atoms with van der Waals surface area (Å²) in [6.45, 7) is 4.36. The van der Waals surface area contributed by atoms with Crippen molar-refractivity contribution in [1.82, 2.24) is 9.97 Å². The first-order valence-corrected chi connectivity index (χ1v) is 5.53. The van der Waals surface area contributed by atoms with Crippen LogP contribution in [0.15, 0.2) is 16.0 Å². The Kier molecular flexibility index (Phi) is 4.00. The molecule has 1 heterocycles. The number of rotatable bonds is 4. The number of Topliss-reactive ketones (excluding diaryl/α,β-unsaturated/α-hetero) is 2. The molecule has 0 aliphatic carbocycles. The maximum absolute atomic E-state index is 11.2. The Morgan fingerprint density at radius 3 is 2.38 bits per heavy atom. The molecule has 0 aliphatic heterocycles. The lowest BCUT2D eigenvalue weighted by atomic mass is 10.2. The highest BCUT2D eigenvalue weighted by atomic mass is 32.2. The highest BCUT2D eigenvalue weighted by Crippen LogP contribution is 2.20. The lowest BCUT2D eigenvalue weighted by molar-refractivity contribution is -0.123. The Morgan fingerprint density at radius 1 is 1.38 bits per heavy atom. The van der Waals surface area contributed by atoms with E-state index in [1.807, 2.05) is 0 Å². The minimum Gasteiger partial charge on any atom is -0.301 e. The van der Waals surface area contributed by atoms with Crippen LogP contribution in [0.25, 0.3) is 0 Å². The zero-order valence-corrected chi connectivity index (χ0v) is 10.1. The number of aromatic nitrogens is 2. The van der Waals surface area contributed by atoms with E-state index in [2.05, 4.69) is 9.97 Å². The lowest BCUT2D eigenvalue weighted by Gasteiger charge is -2.08. The van der Waals surface area contributed by atoms with Crippen LogP contribution < -0.4 is 5.56 Å². The van der Waals surface area contributed by atoms with Crippen LogP contribution in [0, 0.1) is 6.92 Å². The van der Waals surface area contributed by atoms with Crippen LogP contribution >= 0.6 is 11.8 Å². The minimum atomic E-state index is -0.801. The average Bonchev–Trinajstić information content (AvgIpc) is 2.11. The van der Waals surface area contributed by atoms with Crippen molar-refractivity contribution >= 4 is 23.3 Å². The molecule has 0 amide bonds. The Bertz CT molecular complexity index is 467. The summed E-state index contributed by atoms with van der Waals surface area (Å²) in [6.07, 6.45) is 0. The highest BCUT2D eigenvalue weighted by molar-refractivity contribution is 8.01. The number of thioether (sulfide) groups is 1. The van der Waals surface area contributed by atoms with Crippen molar-refractivity contribution in [3.8, 4) is 0 Å². The molecule has 0 saturated heterocycles. The maximum Gasteiger partial charge on any atom is 0.251 e. The van der Waals surface area contributed by atoms with Gasteiger partial charge in [0.2, 0.25) is 0 Å². The number of hydrogen-bond acceptors (Lipinski definition) is 5. The zero-order chi connectivity index (χ0) is 12.3. The van der Waals surface area contributed by atoms with Gasteiger partial charge in [0, 0.05) is 11.8 Å². The third-order valence-corrected chi connectivity index (χ3v) is 3.13. The summed E-state index contributed by atoms with van der Waals surface area (Å²) in [4.78, 5) is 40.1. The molecule has 0 spiro atoms. The average molecular weight is 240 g/mol. The van der Waals surface area contributed by atoms with Gasteiger partial charge >= 0.3 is 0 Å². The van der Waals surface area contributed by atoms with E-state index in [9.17, 15) is 14.4 Å². The van der Waals surface area contributed by atoms with Gasteiger partial charge < -0.3 is 4.98 Å². The van der Waals surface area contributed by atoms with Crippen molar-refractivity contribution in [1.29, 1.82) is 0 Å². The van der Waals surface area contributed by atoms with Crippen molar-refractivity contribution in [2.45, 2.75) is 31.2 Å². The molecule has 16 heavy (non-hydrogen) atoms. The fourth-order valence-corrected chi connectivity index (χ4v) is 2.08. The van der Waals surface area contributed by atoms with Crippen LogP contribution in [0.4, 0.5) is 0 Å². The summed E-state index contributed by atoms with van der Waals surface area (Å²) in [5.41, 5.74) is 0.262. The van der Waals surface area contributed by atoms with Gasteiger partial charge in [0.25, 0.3) is 5.56 Å². The van der Waals surface area contributed by atoms with Crippen LogP contribution in [0.5, 0.6) is 0 Å². The number of ketones is 2. The molecule has 1 rings (SSSR count). The minimum absolute atomic E-state index is 0.248. The van der Waals surface area contributed by atoms with Crippen LogP contribution in [0.3, 0.4) is 0 Å². The van der Waals surface area contributed by atoms with Gasteiger partial charge in [-0.2, -0.15) is 0 Å². The monoisotopic (exact) mass is 240 g/mol. The highest BCUT2D eigenvalue weighted by Gasteiger charge is 2.21. The Morgan fingerprint density at radius 2 is 1.94 bits per heavy atom. The Labute approximate surface area is 96.7 Å². The Balaban J connectivity index is 2.98. The smallest absolute Gasteiger partial charge is 0.251 e. The molecule has 0 radical (unpaired) electrons. The molecule has 0 atom stereocenters. The molecule has 0 bridgehead atoms. The summed E-state index contributed by atoms with van der Waals surface area (Å²) in [6, 6.07) is 1.35. The summed E-state index contributed by atoms with van der Waals surface area (Å²) in [5.74, 6) is -0.497. The largest absolute Gasteiger partial charge is 0.301 e. The van der Waals surface area contributed by atoms with Crippen molar-refractivity contribution in [3.63, 3.8) is 0 Å². The molecule has 0 unspecified atom stereocenters. The number of hydrogen-bond donors (Lipinski definition) is 1. The van der Waals surface area contributed by atoms with Crippen molar-refractivity contribution in [2.24, 2.45) is 0 Å². The first kappa shape index (κ1) is 12.6. The number of aromatic amines is 1. The number of aryl methyl sites for hydroxylation is 1. The molecule has 1 aromatic rings. The van der Waals surface area contributed by atoms with Crippen LogP contribution in [0.1, 0.15) is 19.5 Å². The molecule has 1 aromatic heterocycles. The number of H-pyrrole nitrogens is 1. The third-order valence-electron chi connectivity index (χ3n) is 1.82. The number of carbonyl (C=O) groups excluding carboxylic acids is 2. The predicted octanol–water partition coefficient (Wildman–Crippen LogP) is 0.717. The molecule has 86 valence electrons. The van der Waals surface area contributed by atoms with Gasteiger partial charge in [-0.1, -0.05) is 11.8 Å². The quantitative estimate of drug-likeness (QED) is 0.476. The summed E-state index contributed by atoms with van der Waals surface area (Å²) < 4.78 is 0. The number of carbonyl (C=O) groups is 2. The van der Waals surface area contributed by atoms with Crippen LogP contribution in [-0.2, 0) is 9.59 Å². The van der Waals surface area contributed by atoms with Crippen molar-refractivity contribution in [3.05, 3.63) is 22.1 Å². The summed E-state index contributed by atoms with van der Waals surface area (Å²) >= 11 is 0.967. The number of nitrogens with one attached hydrogen (secondary N) is 1. The van der Waals surface area contributed by atoms with Gasteiger partial charge in [-0.3, -0.25) is 14.4 Å². The van der Waals surface area contributed by atoms with E-state index in [1.54, 1.807) is 6.92 Å². The molecule has 0 aromatic carbocycles. The normalized spacial score (nSPS) is 10.5. The molecular formula is C10H12N2O3S. The Hall–Kier alpha value is -1.43. The molecular weight excluding hydrogens is 228 g/mol. The SMILES string of the molecule is CC(=O)C(Sc1nc(C)cc(=O)[nH]1)C(C)=O. The van der Waals surface area contributed by atoms with Gasteiger partial charge in [-0.25, -0.2) is 4.98 Å².